The van der Waals surface area contributed by atoms with Gasteiger partial charge in [-0.05, 0) is 26.2 Å². The maximum atomic E-state index is 11.4. The molecule has 0 bridgehead atoms. The van der Waals surface area contributed by atoms with Crippen molar-refractivity contribution in [3.63, 3.8) is 0 Å². The molecule has 3 unspecified atom stereocenters. The number of primary amides is 1. The van der Waals surface area contributed by atoms with E-state index in [-0.39, 0.29) is 11.3 Å². The second-order valence-corrected chi connectivity index (χ2v) is 6.93. The molecule has 0 aliphatic heterocycles. The van der Waals surface area contributed by atoms with Crippen molar-refractivity contribution in [1.29, 1.82) is 0 Å². The van der Waals surface area contributed by atoms with Crippen molar-refractivity contribution in [2.75, 3.05) is 6.26 Å². The van der Waals surface area contributed by atoms with Crippen LogP contribution in [-0.2, 0) is 14.6 Å². The summed E-state index contributed by atoms with van der Waals surface area (Å²) in [6, 6.07) is -0.320. The van der Waals surface area contributed by atoms with Crippen molar-refractivity contribution in [2.45, 2.75) is 49.9 Å². The van der Waals surface area contributed by atoms with Gasteiger partial charge in [-0.3, -0.25) is 4.79 Å². The van der Waals surface area contributed by atoms with Gasteiger partial charge in [-0.1, -0.05) is 6.42 Å². The molecule has 0 heterocycles. The molecule has 1 aliphatic rings. The normalized spacial score (nSPS) is 28.6. The molecule has 0 aromatic heterocycles. The number of hydrogen-bond acceptors (Lipinski definition) is 4. The van der Waals surface area contributed by atoms with E-state index < -0.39 is 21.8 Å². The number of carbonyl (C=O) groups excluding carboxylic acids is 1. The smallest absolute Gasteiger partial charge is 0.234 e. The average Bonchev–Trinajstić information content (AvgIpc) is 2.16. The Morgan fingerprint density at radius 1 is 1.44 bits per heavy atom. The maximum Gasteiger partial charge on any atom is 0.234 e. The first-order valence-electron chi connectivity index (χ1n) is 5.55. The molecule has 6 heteroatoms. The number of nitrogens with one attached hydrogen (secondary N) is 1. The van der Waals surface area contributed by atoms with E-state index in [1.165, 1.54) is 6.26 Å². The summed E-state index contributed by atoms with van der Waals surface area (Å²) < 4.78 is 22.9. The Morgan fingerprint density at radius 2 is 2.06 bits per heavy atom. The highest BCUT2D eigenvalue weighted by molar-refractivity contribution is 7.91. The van der Waals surface area contributed by atoms with E-state index in [1.54, 1.807) is 6.92 Å². The van der Waals surface area contributed by atoms with Gasteiger partial charge >= 0.3 is 0 Å². The molecule has 16 heavy (non-hydrogen) atoms. The number of hydrogen-bond donors (Lipinski definition) is 2. The second kappa shape index (κ2) is 5.14. The SMILES string of the molecule is CC(NC1CCCC(S(C)(=O)=O)C1)C(N)=O. The zero-order valence-corrected chi connectivity index (χ0v) is 10.6. The zero-order chi connectivity index (χ0) is 12.3. The predicted octanol–water partition coefficient (Wildman–Crippen LogP) is -0.194. The van der Waals surface area contributed by atoms with Gasteiger partial charge in [-0.15, -0.1) is 0 Å². The Balaban J connectivity index is 2.55. The van der Waals surface area contributed by atoms with E-state index in [4.69, 9.17) is 5.73 Å². The molecule has 1 fully saturated rings. The summed E-state index contributed by atoms with van der Waals surface area (Å²) in [7, 11) is -2.97. The second-order valence-electron chi connectivity index (χ2n) is 4.61. The monoisotopic (exact) mass is 248 g/mol. The summed E-state index contributed by atoms with van der Waals surface area (Å²) in [5, 5.41) is 2.80. The van der Waals surface area contributed by atoms with Crippen molar-refractivity contribution in [3.8, 4) is 0 Å². The van der Waals surface area contributed by atoms with Crippen LogP contribution in [0, 0.1) is 0 Å². The van der Waals surface area contributed by atoms with Crippen molar-refractivity contribution in [1.82, 2.24) is 5.32 Å². The minimum atomic E-state index is -2.97. The molecule has 0 aromatic carbocycles. The molecule has 5 nitrogen and oxygen atoms in total. The Bertz CT molecular complexity index is 353. The van der Waals surface area contributed by atoms with Crippen LogP contribution in [0.2, 0.25) is 0 Å². The summed E-state index contributed by atoms with van der Waals surface area (Å²) in [6.07, 6.45) is 4.36. The quantitative estimate of drug-likeness (QED) is 0.721. The fourth-order valence-corrected chi connectivity index (χ4v) is 3.30. The summed E-state index contributed by atoms with van der Waals surface area (Å²) in [4.78, 5) is 10.9. The fraction of sp³-hybridized carbons (Fsp3) is 0.900. The van der Waals surface area contributed by atoms with Gasteiger partial charge in [-0.2, -0.15) is 0 Å². The van der Waals surface area contributed by atoms with Crippen LogP contribution in [0.1, 0.15) is 32.6 Å². The Hall–Kier alpha value is -0.620. The summed E-state index contributed by atoms with van der Waals surface area (Å²) in [6.45, 7) is 1.70. The van der Waals surface area contributed by atoms with Crippen LogP contribution >= 0.6 is 0 Å². The van der Waals surface area contributed by atoms with Gasteiger partial charge in [-0.25, -0.2) is 8.42 Å². The van der Waals surface area contributed by atoms with Crippen molar-refractivity contribution >= 4 is 15.7 Å². The lowest BCUT2D eigenvalue weighted by Crippen LogP contribution is -2.47. The van der Waals surface area contributed by atoms with Gasteiger partial charge in [0, 0.05) is 12.3 Å². The van der Waals surface area contributed by atoms with Crippen LogP contribution in [0.5, 0.6) is 0 Å². The van der Waals surface area contributed by atoms with Gasteiger partial charge in [0.1, 0.15) is 9.84 Å². The van der Waals surface area contributed by atoms with Crippen molar-refractivity contribution < 1.29 is 13.2 Å². The topological polar surface area (TPSA) is 89.3 Å². The first kappa shape index (κ1) is 13.4. The number of carbonyl (C=O) groups is 1. The standard InChI is InChI=1S/C10H20N2O3S/c1-7(10(11)13)12-8-4-3-5-9(6-8)16(2,14)15/h7-9,12H,3-6H2,1-2H3,(H2,11,13). The first-order valence-corrected chi connectivity index (χ1v) is 7.50. The Labute approximate surface area is 96.7 Å². The van der Waals surface area contributed by atoms with Crippen LogP contribution in [0.15, 0.2) is 0 Å². The third-order valence-corrected chi connectivity index (χ3v) is 4.78. The van der Waals surface area contributed by atoms with E-state index in [2.05, 4.69) is 5.32 Å². The molecule has 0 saturated heterocycles. The lowest BCUT2D eigenvalue weighted by Gasteiger charge is -2.30. The minimum absolute atomic E-state index is 0.0796. The molecule has 3 atom stereocenters. The lowest BCUT2D eigenvalue weighted by molar-refractivity contribution is -0.119. The van der Waals surface area contributed by atoms with E-state index >= 15 is 0 Å². The highest BCUT2D eigenvalue weighted by atomic mass is 32.2. The Kier molecular flexibility index (Phi) is 4.32. The lowest BCUT2D eigenvalue weighted by atomic mass is 9.94. The molecule has 1 aliphatic carbocycles. The van der Waals surface area contributed by atoms with Gasteiger partial charge in [0.2, 0.25) is 5.91 Å². The van der Waals surface area contributed by atoms with E-state index in [0.717, 1.165) is 19.3 Å². The average molecular weight is 248 g/mol. The Morgan fingerprint density at radius 3 is 2.56 bits per heavy atom. The molecule has 0 radical (unpaired) electrons. The van der Waals surface area contributed by atoms with Crippen molar-refractivity contribution in [3.05, 3.63) is 0 Å². The zero-order valence-electron chi connectivity index (χ0n) is 9.77. The molecular weight excluding hydrogens is 228 g/mol. The van der Waals surface area contributed by atoms with Crippen LogP contribution in [0.25, 0.3) is 0 Å². The maximum absolute atomic E-state index is 11.4. The third kappa shape index (κ3) is 3.75. The van der Waals surface area contributed by atoms with Crippen LogP contribution in [-0.4, -0.2) is 37.9 Å². The molecule has 0 spiro atoms. The molecule has 0 aromatic rings. The summed E-state index contributed by atoms with van der Waals surface area (Å²) in [5.74, 6) is -0.401. The molecule has 1 rings (SSSR count). The molecule has 1 amide bonds. The molecule has 1 saturated carbocycles. The van der Waals surface area contributed by atoms with Gasteiger partial charge in [0.15, 0.2) is 0 Å². The van der Waals surface area contributed by atoms with Gasteiger partial charge < -0.3 is 11.1 Å². The molecular formula is C10H20N2O3S. The van der Waals surface area contributed by atoms with E-state index in [0.29, 0.717) is 6.42 Å². The highest BCUT2D eigenvalue weighted by Crippen LogP contribution is 2.24. The number of nitrogens with two attached hydrogens (primary N) is 1. The van der Waals surface area contributed by atoms with E-state index in [9.17, 15) is 13.2 Å². The number of sulfone groups is 1. The molecule has 94 valence electrons. The summed E-state index contributed by atoms with van der Waals surface area (Å²) in [5.41, 5.74) is 5.15. The van der Waals surface area contributed by atoms with Gasteiger partial charge in [0.05, 0.1) is 11.3 Å². The first-order chi connectivity index (χ1) is 7.30. The van der Waals surface area contributed by atoms with Crippen LogP contribution in [0.3, 0.4) is 0 Å². The summed E-state index contributed by atoms with van der Waals surface area (Å²) >= 11 is 0. The van der Waals surface area contributed by atoms with Crippen molar-refractivity contribution in [2.24, 2.45) is 5.73 Å². The number of rotatable bonds is 4. The molecule has 3 N–H and O–H groups in total. The highest BCUT2D eigenvalue weighted by Gasteiger charge is 2.29. The largest absolute Gasteiger partial charge is 0.368 e. The fourth-order valence-electron chi connectivity index (χ4n) is 2.12. The number of amides is 1. The predicted molar refractivity (Wildman–Crippen MR) is 62.7 cm³/mol. The third-order valence-electron chi connectivity index (χ3n) is 3.14. The minimum Gasteiger partial charge on any atom is -0.368 e. The van der Waals surface area contributed by atoms with Crippen LogP contribution < -0.4 is 11.1 Å². The van der Waals surface area contributed by atoms with Crippen LogP contribution in [0.4, 0.5) is 0 Å². The van der Waals surface area contributed by atoms with Gasteiger partial charge in [0.25, 0.3) is 0 Å². The van der Waals surface area contributed by atoms with E-state index in [1.807, 2.05) is 0 Å².